The largest absolute Gasteiger partial charge is 0.497 e. The summed E-state index contributed by atoms with van der Waals surface area (Å²) >= 11 is 1.21. The van der Waals surface area contributed by atoms with E-state index in [0.717, 1.165) is 17.1 Å². The van der Waals surface area contributed by atoms with Gasteiger partial charge in [-0.15, -0.1) is 11.3 Å². The van der Waals surface area contributed by atoms with Gasteiger partial charge in [-0.2, -0.15) is 0 Å². The van der Waals surface area contributed by atoms with Gasteiger partial charge in [-0.25, -0.2) is 9.78 Å². The molecule has 2 heterocycles. The lowest BCUT2D eigenvalue weighted by atomic mass is 9.96. The summed E-state index contributed by atoms with van der Waals surface area (Å²) in [7, 11) is 1.59. The van der Waals surface area contributed by atoms with Crippen LogP contribution in [0.2, 0.25) is 0 Å². The van der Waals surface area contributed by atoms with Gasteiger partial charge in [-0.3, -0.25) is 4.79 Å². The van der Waals surface area contributed by atoms with E-state index in [1.54, 1.807) is 7.11 Å². The number of aromatic carboxylic acids is 1. The molecule has 1 unspecified atom stereocenters. The molecule has 1 atom stereocenters. The molecule has 1 aliphatic rings. The summed E-state index contributed by atoms with van der Waals surface area (Å²) in [4.78, 5) is 27.1. The summed E-state index contributed by atoms with van der Waals surface area (Å²) in [6, 6.07) is 5.53. The van der Waals surface area contributed by atoms with Crippen molar-refractivity contribution in [3.63, 3.8) is 0 Å². The Labute approximate surface area is 142 Å². The first-order chi connectivity index (χ1) is 11.6. The predicted octanol–water partition coefficient (Wildman–Crippen LogP) is 1.72. The Morgan fingerprint density at radius 2 is 2.33 bits per heavy atom. The third-order valence-corrected chi connectivity index (χ3v) is 4.58. The number of aromatic nitrogens is 1. The highest BCUT2D eigenvalue weighted by Gasteiger charge is 2.26. The summed E-state index contributed by atoms with van der Waals surface area (Å²) in [6.45, 7) is 0.516. The molecule has 0 aliphatic carbocycles. The zero-order valence-corrected chi connectivity index (χ0v) is 13.8. The maximum absolute atomic E-state index is 12.3. The average molecular weight is 348 g/mol. The molecule has 2 N–H and O–H groups in total. The van der Waals surface area contributed by atoms with Crippen molar-refractivity contribution in [2.45, 2.75) is 13.0 Å². The highest BCUT2D eigenvalue weighted by molar-refractivity contribution is 7.09. The summed E-state index contributed by atoms with van der Waals surface area (Å²) < 4.78 is 10.8. The summed E-state index contributed by atoms with van der Waals surface area (Å²) in [6.07, 6.45) is 0.566. The maximum Gasteiger partial charge on any atom is 0.355 e. The van der Waals surface area contributed by atoms with Gasteiger partial charge in [0.05, 0.1) is 19.6 Å². The predicted molar refractivity (Wildman–Crippen MR) is 86.6 cm³/mol. The number of nitrogens with one attached hydrogen (secondary N) is 1. The normalized spacial score (nSPS) is 16.0. The zero-order valence-electron chi connectivity index (χ0n) is 12.9. The van der Waals surface area contributed by atoms with Gasteiger partial charge in [0, 0.05) is 5.38 Å². The Morgan fingerprint density at radius 1 is 1.50 bits per heavy atom. The molecule has 2 aromatic rings. The molecule has 1 aliphatic heterocycles. The number of thiazole rings is 1. The van der Waals surface area contributed by atoms with Gasteiger partial charge in [0.15, 0.2) is 5.69 Å². The fourth-order valence-electron chi connectivity index (χ4n) is 2.46. The molecule has 0 spiro atoms. The number of ether oxygens (including phenoxy) is 2. The second kappa shape index (κ2) is 6.88. The Balaban J connectivity index is 1.60. The third-order valence-electron chi connectivity index (χ3n) is 3.73. The molecule has 1 aromatic heterocycles. The Hall–Kier alpha value is -2.61. The smallest absolute Gasteiger partial charge is 0.355 e. The van der Waals surface area contributed by atoms with Gasteiger partial charge in [-0.1, -0.05) is 0 Å². The lowest BCUT2D eigenvalue weighted by Crippen LogP contribution is -2.37. The molecule has 24 heavy (non-hydrogen) atoms. The summed E-state index contributed by atoms with van der Waals surface area (Å²) in [5.41, 5.74) is 0.925. The molecule has 3 rings (SSSR count). The number of amides is 1. The van der Waals surface area contributed by atoms with Crippen LogP contribution in [0.3, 0.4) is 0 Å². The number of methoxy groups -OCH3 is 1. The minimum absolute atomic E-state index is 0.00808. The van der Waals surface area contributed by atoms with Crippen LogP contribution in [0.15, 0.2) is 23.6 Å². The number of hydrogen-bond acceptors (Lipinski definition) is 6. The van der Waals surface area contributed by atoms with Crippen LogP contribution in [-0.2, 0) is 17.8 Å². The molecule has 126 valence electrons. The molecule has 7 nitrogen and oxygen atoms in total. The fourth-order valence-corrected chi connectivity index (χ4v) is 3.17. The summed E-state index contributed by atoms with van der Waals surface area (Å²) in [5, 5.41) is 13.6. The van der Waals surface area contributed by atoms with Gasteiger partial charge in [-0.05, 0) is 30.2 Å². The highest BCUT2D eigenvalue weighted by atomic mass is 32.1. The molecule has 0 saturated heterocycles. The van der Waals surface area contributed by atoms with Gasteiger partial charge < -0.3 is 19.9 Å². The Morgan fingerprint density at radius 3 is 3.04 bits per heavy atom. The van der Waals surface area contributed by atoms with Crippen molar-refractivity contribution >= 4 is 23.2 Å². The molecule has 0 bridgehead atoms. The molecule has 8 heteroatoms. The number of carbonyl (C=O) groups excluding carboxylic acids is 1. The molecular weight excluding hydrogens is 332 g/mol. The first-order valence-electron chi connectivity index (χ1n) is 7.32. The number of carboxylic acid groups (broad SMARTS) is 1. The lowest BCUT2D eigenvalue weighted by molar-refractivity contribution is -0.126. The van der Waals surface area contributed by atoms with Crippen LogP contribution >= 0.6 is 11.3 Å². The topological polar surface area (TPSA) is 97.8 Å². The van der Waals surface area contributed by atoms with Crippen molar-refractivity contribution in [3.8, 4) is 11.5 Å². The SMILES string of the molecule is COc1ccc2c(c1)CC(C(=O)NCc1nc(C(=O)O)cs1)CO2. The second-order valence-electron chi connectivity index (χ2n) is 5.34. The minimum Gasteiger partial charge on any atom is -0.497 e. The fraction of sp³-hybridized carbons (Fsp3) is 0.312. The Bertz CT molecular complexity index is 774. The van der Waals surface area contributed by atoms with E-state index < -0.39 is 5.97 Å². The number of carbonyl (C=O) groups is 2. The number of nitrogens with zero attached hydrogens (tertiary/aromatic N) is 1. The third kappa shape index (κ3) is 3.48. The summed E-state index contributed by atoms with van der Waals surface area (Å²) in [5.74, 6) is -0.0256. The first-order valence-corrected chi connectivity index (χ1v) is 8.20. The van der Waals surface area contributed by atoms with Crippen molar-refractivity contribution in [1.29, 1.82) is 0 Å². The van der Waals surface area contributed by atoms with Crippen molar-refractivity contribution in [1.82, 2.24) is 10.3 Å². The van der Waals surface area contributed by atoms with Gasteiger partial charge in [0.1, 0.15) is 23.1 Å². The van der Waals surface area contributed by atoms with E-state index in [9.17, 15) is 9.59 Å². The van der Waals surface area contributed by atoms with Crippen molar-refractivity contribution in [2.75, 3.05) is 13.7 Å². The minimum atomic E-state index is -1.07. The van der Waals surface area contributed by atoms with Gasteiger partial charge in [0.2, 0.25) is 5.91 Å². The van der Waals surface area contributed by atoms with Gasteiger partial charge in [0.25, 0.3) is 0 Å². The molecule has 0 fully saturated rings. The van der Waals surface area contributed by atoms with E-state index in [0.29, 0.717) is 18.0 Å². The number of rotatable bonds is 5. The first kappa shape index (κ1) is 16.3. The van der Waals surface area contributed by atoms with E-state index >= 15 is 0 Å². The van der Waals surface area contributed by atoms with E-state index in [1.165, 1.54) is 16.7 Å². The highest BCUT2D eigenvalue weighted by Crippen LogP contribution is 2.30. The quantitative estimate of drug-likeness (QED) is 0.854. The zero-order chi connectivity index (χ0) is 17.1. The lowest BCUT2D eigenvalue weighted by Gasteiger charge is -2.24. The van der Waals surface area contributed by atoms with E-state index in [2.05, 4.69) is 10.3 Å². The average Bonchev–Trinajstić information content (AvgIpc) is 3.08. The van der Waals surface area contributed by atoms with Gasteiger partial charge >= 0.3 is 5.97 Å². The van der Waals surface area contributed by atoms with Crippen LogP contribution in [0.25, 0.3) is 0 Å². The van der Waals surface area contributed by atoms with Crippen LogP contribution in [-0.4, -0.2) is 35.7 Å². The van der Waals surface area contributed by atoms with Crippen LogP contribution in [0.5, 0.6) is 11.5 Å². The molecule has 0 saturated carbocycles. The monoisotopic (exact) mass is 348 g/mol. The van der Waals surface area contributed by atoms with Crippen molar-refractivity contribution < 1.29 is 24.2 Å². The van der Waals surface area contributed by atoms with Crippen LogP contribution in [0.4, 0.5) is 0 Å². The van der Waals surface area contributed by atoms with E-state index in [1.807, 2.05) is 18.2 Å². The van der Waals surface area contributed by atoms with Crippen LogP contribution in [0.1, 0.15) is 21.1 Å². The van der Waals surface area contributed by atoms with Crippen LogP contribution in [0, 0.1) is 5.92 Å². The van der Waals surface area contributed by atoms with E-state index in [-0.39, 0.29) is 24.1 Å². The standard InChI is InChI=1S/C16H16N2O5S/c1-22-11-2-3-13-9(5-11)4-10(7-23-13)15(19)17-6-14-18-12(8-24-14)16(20)21/h2-3,5,8,10H,4,6-7H2,1H3,(H,17,19)(H,20,21). The number of carboxylic acids is 1. The molecule has 1 aromatic carbocycles. The Kier molecular flexibility index (Phi) is 4.66. The van der Waals surface area contributed by atoms with E-state index in [4.69, 9.17) is 14.6 Å². The number of fused-ring (bicyclic) bond motifs is 1. The number of hydrogen-bond donors (Lipinski definition) is 2. The van der Waals surface area contributed by atoms with Crippen molar-refractivity contribution in [3.05, 3.63) is 39.8 Å². The number of benzene rings is 1. The second-order valence-corrected chi connectivity index (χ2v) is 6.28. The molecule has 1 amide bonds. The van der Waals surface area contributed by atoms with Crippen molar-refractivity contribution in [2.24, 2.45) is 5.92 Å². The molecule has 0 radical (unpaired) electrons. The maximum atomic E-state index is 12.3. The van der Waals surface area contributed by atoms with Crippen LogP contribution < -0.4 is 14.8 Å². The molecular formula is C16H16N2O5S.